The molecule has 0 spiro atoms. The second-order valence-electron chi connectivity index (χ2n) is 8.27. The molecule has 3 rings (SSSR count). The summed E-state index contributed by atoms with van der Waals surface area (Å²) in [4.78, 5) is 0. The Kier molecular flexibility index (Phi) is 4.99. The summed E-state index contributed by atoms with van der Waals surface area (Å²) >= 11 is 0. The molecule has 1 nitrogen and oxygen atoms in total. The summed E-state index contributed by atoms with van der Waals surface area (Å²) in [5.74, 6) is 5.16. The predicted octanol–water partition coefficient (Wildman–Crippen LogP) is 5.91. The van der Waals surface area contributed by atoms with Gasteiger partial charge in [0.1, 0.15) is 5.60 Å². The number of rotatable bonds is 4. The molecule has 0 saturated heterocycles. The van der Waals surface area contributed by atoms with E-state index in [1.807, 2.05) is 7.11 Å². The average Bonchev–Trinajstić information content (AvgIpc) is 2.95. The maximum absolute atomic E-state index is 6.00. The highest BCUT2D eigenvalue weighted by molar-refractivity contribution is 5.30. The molecule has 3 aliphatic rings. The van der Waals surface area contributed by atoms with Gasteiger partial charge in [-0.2, -0.15) is 0 Å². The minimum Gasteiger partial charge on any atom is -0.365 e. The van der Waals surface area contributed by atoms with Gasteiger partial charge in [-0.25, -0.2) is 0 Å². The topological polar surface area (TPSA) is 9.23 Å². The van der Waals surface area contributed by atoms with Crippen LogP contribution in [-0.4, -0.2) is 12.7 Å². The van der Waals surface area contributed by atoms with Crippen LogP contribution in [0.25, 0.3) is 0 Å². The van der Waals surface area contributed by atoms with Crippen molar-refractivity contribution in [2.24, 2.45) is 23.2 Å². The molecule has 0 N–H and O–H groups in total. The Balaban J connectivity index is 1.90. The van der Waals surface area contributed by atoms with Crippen molar-refractivity contribution in [1.82, 2.24) is 0 Å². The molecule has 24 heavy (non-hydrogen) atoms. The van der Waals surface area contributed by atoms with Crippen LogP contribution < -0.4 is 0 Å². The molecule has 132 valence electrons. The molecule has 0 heterocycles. The molecule has 5 atom stereocenters. The van der Waals surface area contributed by atoms with Crippen LogP contribution in [0.15, 0.2) is 23.8 Å². The molecule has 0 aliphatic heterocycles. The smallest absolute Gasteiger partial charge is 0.134 e. The van der Waals surface area contributed by atoms with Gasteiger partial charge in [-0.3, -0.25) is 0 Å². The van der Waals surface area contributed by atoms with Gasteiger partial charge in [-0.1, -0.05) is 43.6 Å². The SMILES string of the molecule is C#C[C@]1(OC)CC[C@H]2C[C@@H]([C@@H]3CCCC=C3CC)C(=C)C[C@@]21CC. The van der Waals surface area contributed by atoms with Crippen molar-refractivity contribution >= 4 is 0 Å². The molecule has 3 aliphatic carbocycles. The summed E-state index contributed by atoms with van der Waals surface area (Å²) in [6.45, 7) is 9.19. The van der Waals surface area contributed by atoms with E-state index in [9.17, 15) is 0 Å². The van der Waals surface area contributed by atoms with Crippen molar-refractivity contribution < 1.29 is 4.74 Å². The Labute approximate surface area is 148 Å². The van der Waals surface area contributed by atoms with Crippen molar-refractivity contribution in [2.75, 3.05) is 7.11 Å². The van der Waals surface area contributed by atoms with Crippen molar-refractivity contribution in [3.05, 3.63) is 23.8 Å². The number of terminal acetylenes is 1. The zero-order chi connectivity index (χ0) is 17.4. The number of allylic oxidation sites excluding steroid dienone is 3. The summed E-state index contributed by atoms with van der Waals surface area (Å²) in [5, 5.41) is 0. The second kappa shape index (κ2) is 6.72. The second-order valence-corrected chi connectivity index (χ2v) is 8.27. The summed E-state index contributed by atoms with van der Waals surface area (Å²) in [7, 11) is 1.81. The molecule has 0 aromatic carbocycles. The van der Waals surface area contributed by atoms with E-state index in [-0.39, 0.29) is 11.0 Å². The van der Waals surface area contributed by atoms with E-state index in [4.69, 9.17) is 11.2 Å². The molecule has 0 aromatic heterocycles. The number of hydrogen-bond donors (Lipinski definition) is 0. The molecular formula is C23H34O. The molecule has 0 bridgehead atoms. The van der Waals surface area contributed by atoms with Crippen molar-refractivity contribution in [1.29, 1.82) is 0 Å². The lowest BCUT2D eigenvalue weighted by Gasteiger charge is -2.52. The fraction of sp³-hybridized carbons (Fsp3) is 0.739. The van der Waals surface area contributed by atoms with E-state index < -0.39 is 0 Å². The Bertz CT molecular complexity index is 565. The van der Waals surface area contributed by atoms with Crippen LogP contribution in [0.3, 0.4) is 0 Å². The van der Waals surface area contributed by atoms with Crippen LogP contribution in [0.4, 0.5) is 0 Å². The number of hydrogen-bond acceptors (Lipinski definition) is 1. The lowest BCUT2D eigenvalue weighted by molar-refractivity contribution is -0.0805. The molecule has 0 radical (unpaired) electrons. The van der Waals surface area contributed by atoms with Crippen molar-refractivity contribution in [3.8, 4) is 12.3 Å². The normalized spacial score (nSPS) is 42.3. The first-order valence-corrected chi connectivity index (χ1v) is 9.97. The molecule has 2 fully saturated rings. The highest BCUT2D eigenvalue weighted by Crippen LogP contribution is 2.64. The van der Waals surface area contributed by atoms with Crippen LogP contribution in [-0.2, 0) is 4.74 Å². The van der Waals surface area contributed by atoms with Crippen molar-refractivity contribution in [2.45, 2.75) is 77.2 Å². The summed E-state index contributed by atoms with van der Waals surface area (Å²) in [5.41, 5.74) is 2.85. The van der Waals surface area contributed by atoms with Gasteiger partial charge >= 0.3 is 0 Å². The van der Waals surface area contributed by atoms with Gasteiger partial charge in [0.15, 0.2) is 0 Å². The van der Waals surface area contributed by atoms with Gasteiger partial charge in [0.2, 0.25) is 0 Å². The Morgan fingerprint density at radius 3 is 2.75 bits per heavy atom. The Morgan fingerprint density at radius 1 is 1.33 bits per heavy atom. The lowest BCUT2D eigenvalue weighted by atomic mass is 9.55. The molecule has 1 heteroatoms. The zero-order valence-corrected chi connectivity index (χ0v) is 15.9. The molecule has 0 unspecified atom stereocenters. The van der Waals surface area contributed by atoms with E-state index in [0.717, 1.165) is 25.2 Å². The van der Waals surface area contributed by atoms with Crippen LogP contribution in [0, 0.1) is 35.5 Å². The summed E-state index contributed by atoms with van der Waals surface area (Å²) in [6, 6.07) is 0. The van der Waals surface area contributed by atoms with Crippen molar-refractivity contribution in [3.63, 3.8) is 0 Å². The molecule has 0 aromatic rings. The van der Waals surface area contributed by atoms with Gasteiger partial charge in [-0.15, -0.1) is 6.42 Å². The first-order chi connectivity index (χ1) is 11.6. The summed E-state index contributed by atoms with van der Waals surface area (Å²) in [6.07, 6.45) is 19.3. The van der Waals surface area contributed by atoms with Gasteiger partial charge in [0.05, 0.1) is 0 Å². The van der Waals surface area contributed by atoms with Crippen LogP contribution in [0.1, 0.15) is 71.6 Å². The maximum atomic E-state index is 6.00. The van der Waals surface area contributed by atoms with Gasteiger partial charge in [0.25, 0.3) is 0 Å². The van der Waals surface area contributed by atoms with E-state index in [0.29, 0.717) is 11.8 Å². The van der Waals surface area contributed by atoms with E-state index in [1.165, 1.54) is 44.1 Å². The number of fused-ring (bicyclic) bond motifs is 1. The summed E-state index contributed by atoms with van der Waals surface area (Å²) < 4.78 is 5.99. The first kappa shape index (κ1) is 17.8. The van der Waals surface area contributed by atoms with Crippen LogP contribution >= 0.6 is 0 Å². The highest BCUT2D eigenvalue weighted by atomic mass is 16.5. The third-order valence-corrected chi connectivity index (χ3v) is 7.74. The minimum atomic E-state index is -0.379. The molecular weight excluding hydrogens is 292 g/mol. The third kappa shape index (κ3) is 2.41. The maximum Gasteiger partial charge on any atom is 0.134 e. The van der Waals surface area contributed by atoms with E-state index >= 15 is 0 Å². The van der Waals surface area contributed by atoms with Crippen LogP contribution in [0.5, 0.6) is 0 Å². The van der Waals surface area contributed by atoms with Gasteiger partial charge in [0, 0.05) is 12.5 Å². The monoisotopic (exact) mass is 326 g/mol. The lowest BCUT2D eigenvalue weighted by Crippen LogP contribution is -2.50. The first-order valence-electron chi connectivity index (χ1n) is 9.97. The zero-order valence-electron chi connectivity index (χ0n) is 15.9. The number of ether oxygens (including phenoxy) is 1. The Hall–Kier alpha value is -1.00. The van der Waals surface area contributed by atoms with Crippen LogP contribution in [0.2, 0.25) is 0 Å². The standard InChI is InChI=1S/C23H34O/c1-6-18-11-9-10-12-20(18)21-15-19-13-14-23(8-3,24-5)22(19,7-2)16-17(21)4/h3,11,19-21H,4,6-7,9-10,12-16H2,1-2,5H3/t19-,20+,21+,22-,23-/m0/s1. The van der Waals surface area contributed by atoms with Gasteiger partial charge in [-0.05, 0) is 75.5 Å². The number of methoxy groups -OCH3 is 1. The molecule has 0 amide bonds. The van der Waals surface area contributed by atoms with Gasteiger partial charge < -0.3 is 4.74 Å². The largest absolute Gasteiger partial charge is 0.365 e. The highest BCUT2D eigenvalue weighted by Gasteiger charge is 2.61. The molecule has 2 saturated carbocycles. The minimum absolute atomic E-state index is 0.106. The quantitative estimate of drug-likeness (QED) is 0.460. The predicted molar refractivity (Wildman–Crippen MR) is 102 cm³/mol. The fourth-order valence-corrected chi connectivity index (χ4v) is 6.43. The van der Waals surface area contributed by atoms with E-state index in [2.05, 4.69) is 32.4 Å². The fourth-order valence-electron chi connectivity index (χ4n) is 6.43. The van der Waals surface area contributed by atoms with E-state index in [1.54, 1.807) is 5.57 Å². The third-order valence-electron chi connectivity index (χ3n) is 7.74. The Morgan fingerprint density at radius 2 is 2.12 bits per heavy atom. The average molecular weight is 327 g/mol.